The minimum Gasteiger partial charge on any atom is -0.382 e. The van der Waals surface area contributed by atoms with Crippen LogP contribution in [0.2, 0.25) is 0 Å². The molecule has 1 aromatic carbocycles. The number of rotatable bonds is 3. The predicted octanol–water partition coefficient (Wildman–Crippen LogP) is 3.74. The molecular formula is C19H14F2N4O. The lowest BCUT2D eigenvalue weighted by Crippen LogP contribution is -2.10. The fourth-order valence-corrected chi connectivity index (χ4v) is 3.45. The summed E-state index contributed by atoms with van der Waals surface area (Å²) in [7, 11) is 0. The molecular weight excluding hydrogens is 338 g/mol. The summed E-state index contributed by atoms with van der Waals surface area (Å²) < 4.78 is 28.9. The maximum Gasteiger partial charge on any atom is 0.189 e. The number of imidazole rings is 1. The molecule has 1 aliphatic carbocycles. The van der Waals surface area contributed by atoms with Crippen LogP contribution >= 0.6 is 0 Å². The van der Waals surface area contributed by atoms with Gasteiger partial charge in [0.05, 0.1) is 5.92 Å². The highest BCUT2D eigenvalue weighted by Gasteiger charge is 2.45. The fraction of sp³-hybridized carbons (Fsp3) is 0.158. The van der Waals surface area contributed by atoms with Crippen LogP contribution in [0.3, 0.4) is 0 Å². The normalized spacial score (nSPS) is 19.3. The number of nitrogens with zero attached hydrogens (tertiary/aromatic N) is 2. The number of hydrogen-bond acceptors (Lipinski definition) is 3. The Hall–Kier alpha value is -3.22. The van der Waals surface area contributed by atoms with Gasteiger partial charge < -0.3 is 10.7 Å². The quantitative estimate of drug-likeness (QED) is 0.552. The summed E-state index contributed by atoms with van der Waals surface area (Å²) in [6.45, 7) is 0. The number of carbonyl (C=O) groups is 1. The number of fused-ring (bicyclic) bond motifs is 2. The number of carbonyl (C=O) groups excluding carboxylic acids is 1. The van der Waals surface area contributed by atoms with Gasteiger partial charge in [-0.2, -0.15) is 0 Å². The number of nitrogen functional groups attached to an aromatic ring is 1. The Morgan fingerprint density at radius 1 is 1.31 bits per heavy atom. The number of pyridine rings is 1. The molecule has 3 heterocycles. The molecule has 0 aliphatic heterocycles. The van der Waals surface area contributed by atoms with Crippen LogP contribution in [0, 0.1) is 11.7 Å². The number of aromatic nitrogens is 3. The zero-order valence-corrected chi connectivity index (χ0v) is 13.5. The molecule has 26 heavy (non-hydrogen) atoms. The SMILES string of the molecule is Nc1nc2ccc(-c3cc(F)cc4[nH]ccc34)cn2c1C(=O)[C@@H]1C[C@@H]1F. The third-order valence-corrected chi connectivity index (χ3v) is 4.87. The monoisotopic (exact) mass is 352 g/mol. The van der Waals surface area contributed by atoms with Crippen molar-refractivity contribution < 1.29 is 13.6 Å². The zero-order chi connectivity index (χ0) is 18.0. The predicted molar refractivity (Wildman–Crippen MR) is 94.2 cm³/mol. The van der Waals surface area contributed by atoms with Crippen molar-refractivity contribution in [1.29, 1.82) is 0 Å². The number of ketones is 1. The summed E-state index contributed by atoms with van der Waals surface area (Å²) >= 11 is 0. The molecule has 3 aromatic heterocycles. The van der Waals surface area contributed by atoms with Gasteiger partial charge in [-0.25, -0.2) is 13.8 Å². The van der Waals surface area contributed by atoms with E-state index in [2.05, 4.69) is 9.97 Å². The summed E-state index contributed by atoms with van der Waals surface area (Å²) in [6.07, 6.45) is 2.55. The van der Waals surface area contributed by atoms with Crippen molar-refractivity contribution in [2.24, 2.45) is 5.92 Å². The van der Waals surface area contributed by atoms with Crippen LogP contribution in [-0.4, -0.2) is 26.3 Å². The van der Waals surface area contributed by atoms with E-state index in [-0.39, 0.29) is 29.5 Å². The number of alkyl halides is 1. The number of nitrogens with one attached hydrogen (secondary N) is 1. The van der Waals surface area contributed by atoms with Gasteiger partial charge in [0.25, 0.3) is 0 Å². The standard InChI is InChI=1S/C19H14F2N4O/c20-10-5-12(11-3-4-23-15(11)6-10)9-1-2-16-24-19(22)17(25(16)8-9)18(26)13-7-14(13)21/h1-6,8,13-14,23H,7,22H2/t13-,14+/m1/s1. The van der Waals surface area contributed by atoms with E-state index in [1.54, 1.807) is 28.9 Å². The minimum atomic E-state index is -1.11. The first kappa shape index (κ1) is 15.1. The van der Waals surface area contributed by atoms with Crippen molar-refractivity contribution in [3.63, 3.8) is 0 Å². The third-order valence-electron chi connectivity index (χ3n) is 4.87. The molecule has 5 rings (SSSR count). The number of benzene rings is 1. The summed E-state index contributed by atoms with van der Waals surface area (Å²) in [6, 6.07) is 8.24. The van der Waals surface area contributed by atoms with Gasteiger partial charge in [0.2, 0.25) is 0 Å². The fourth-order valence-electron chi connectivity index (χ4n) is 3.45. The molecule has 0 saturated heterocycles. The van der Waals surface area contributed by atoms with Crippen molar-refractivity contribution in [2.75, 3.05) is 5.73 Å². The molecule has 2 atom stereocenters. The summed E-state index contributed by atoms with van der Waals surface area (Å²) in [5, 5.41) is 0.859. The van der Waals surface area contributed by atoms with E-state index in [0.29, 0.717) is 22.3 Å². The van der Waals surface area contributed by atoms with Crippen molar-refractivity contribution in [2.45, 2.75) is 12.6 Å². The molecule has 1 saturated carbocycles. The number of Topliss-reactive ketones (excluding diaryl/α,β-unsaturated/α-hetero) is 1. The van der Waals surface area contributed by atoms with Crippen LogP contribution in [0.1, 0.15) is 16.9 Å². The lowest BCUT2D eigenvalue weighted by Gasteiger charge is -2.07. The lowest BCUT2D eigenvalue weighted by atomic mass is 10.0. The van der Waals surface area contributed by atoms with E-state index >= 15 is 0 Å². The number of anilines is 1. The molecule has 1 aliphatic rings. The summed E-state index contributed by atoms with van der Waals surface area (Å²) in [4.78, 5) is 19.7. The molecule has 7 heteroatoms. The van der Waals surface area contributed by atoms with Crippen molar-refractivity contribution in [1.82, 2.24) is 14.4 Å². The molecule has 1 fully saturated rings. The Balaban J connectivity index is 1.72. The summed E-state index contributed by atoms with van der Waals surface area (Å²) in [5.41, 5.74) is 8.67. The number of nitrogens with two attached hydrogens (primary N) is 1. The smallest absolute Gasteiger partial charge is 0.189 e. The zero-order valence-electron chi connectivity index (χ0n) is 13.5. The minimum absolute atomic E-state index is 0.0808. The van der Waals surface area contributed by atoms with Crippen LogP contribution in [-0.2, 0) is 0 Å². The maximum absolute atomic E-state index is 14.0. The van der Waals surface area contributed by atoms with Crippen LogP contribution < -0.4 is 5.73 Å². The van der Waals surface area contributed by atoms with E-state index in [9.17, 15) is 13.6 Å². The molecule has 5 nitrogen and oxygen atoms in total. The topological polar surface area (TPSA) is 76.2 Å². The van der Waals surface area contributed by atoms with Gasteiger partial charge in [0.15, 0.2) is 11.6 Å². The maximum atomic E-state index is 14.0. The number of hydrogen-bond donors (Lipinski definition) is 2. The molecule has 0 spiro atoms. The molecule has 0 radical (unpaired) electrons. The second kappa shape index (κ2) is 5.14. The third kappa shape index (κ3) is 2.13. The van der Waals surface area contributed by atoms with E-state index in [0.717, 1.165) is 5.39 Å². The van der Waals surface area contributed by atoms with Crippen molar-refractivity contribution in [3.8, 4) is 11.1 Å². The molecule has 0 bridgehead atoms. The molecule has 0 unspecified atom stereocenters. The second-order valence-electron chi connectivity index (χ2n) is 6.61. The van der Waals surface area contributed by atoms with Crippen molar-refractivity contribution in [3.05, 3.63) is 54.2 Å². The van der Waals surface area contributed by atoms with E-state index in [4.69, 9.17) is 5.73 Å². The average molecular weight is 352 g/mol. The molecule has 3 N–H and O–H groups in total. The Morgan fingerprint density at radius 2 is 2.12 bits per heavy atom. The van der Waals surface area contributed by atoms with Gasteiger partial charge in [-0.05, 0) is 47.9 Å². The molecule has 0 amide bonds. The Kier molecular flexibility index (Phi) is 2.98. The summed E-state index contributed by atoms with van der Waals surface area (Å²) in [5.74, 6) is -1.27. The number of H-pyrrole nitrogens is 1. The highest BCUT2D eigenvalue weighted by atomic mass is 19.1. The second-order valence-corrected chi connectivity index (χ2v) is 6.61. The first-order valence-electron chi connectivity index (χ1n) is 8.26. The van der Waals surface area contributed by atoms with E-state index < -0.39 is 12.1 Å². The molecule has 130 valence electrons. The highest BCUT2D eigenvalue weighted by molar-refractivity contribution is 6.03. The first-order valence-corrected chi connectivity index (χ1v) is 8.26. The van der Waals surface area contributed by atoms with Crippen LogP contribution in [0.5, 0.6) is 0 Å². The largest absolute Gasteiger partial charge is 0.382 e. The van der Waals surface area contributed by atoms with Crippen LogP contribution in [0.25, 0.3) is 27.7 Å². The van der Waals surface area contributed by atoms with E-state index in [1.807, 2.05) is 6.07 Å². The van der Waals surface area contributed by atoms with Gasteiger partial charge >= 0.3 is 0 Å². The number of halogens is 2. The van der Waals surface area contributed by atoms with Crippen LogP contribution in [0.15, 0.2) is 42.7 Å². The van der Waals surface area contributed by atoms with Gasteiger partial charge in [-0.15, -0.1) is 0 Å². The van der Waals surface area contributed by atoms with Gasteiger partial charge in [0, 0.05) is 23.3 Å². The Labute approximate surface area is 146 Å². The number of aromatic amines is 1. The van der Waals surface area contributed by atoms with Gasteiger partial charge in [0.1, 0.15) is 23.3 Å². The van der Waals surface area contributed by atoms with E-state index in [1.165, 1.54) is 12.1 Å². The Morgan fingerprint density at radius 3 is 2.88 bits per heavy atom. The first-order chi connectivity index (χ1) is 12.5. The molecule has 4 aromatic rings. The highest BCUT2D eigenvalue weighted by Crippen LogP contribution is 2.38. The average Bonchev–Trinajstić information content (AvgIpc) is 3.02. The van der Waals surface area contributed by atoms with Crippen LogP contribution in [0.4, 0.5) is 14.6 Å². The Bertz CT molecular complexity index is 1190. The van der Waals surface area contributed by atoms with Gasteiger partial charge in [-0.1, -0.05) is 0 Å². The van der Waals surface area contributed by atoms with Gasteiger partial charge in [-0.3, -0.25) is 9.20 Å². The lowest BCUT2D eigenvalue weighted by molar-refractivity contribution is 0.0952. The van der Waals surface area contributed by atoms with Crippen molar-refractivity contribution >= 4 is 28.2 Å².